The highest BCUT2D eigenvalue weighted by Gasteiger charge is 2.13. The molecule has 0 aliphatic carbocycles. The van der Waals surface area contributed by atoms with E-state index in [2.05, 4.69) is 42.0 Å². The third-order valence-corrected chi connectivity index (χ3v) is 2.92. The smallest absolute Gasteiger partial charge is 0.426 e. The van der Waals surface area contributed by atoms with Crippen LogP contribution in [0.15, 0.2) is 27.8 Å². The van der Waals surface area contributed by atoms with Crippen molar-refractivity contribution in [2.45, 2.75) is 6.92 Å². The number of halogens is 1. The van der Waals surface area contributed by atoms with Gasteiger partial charge in [0.25, 0.3) is 5.91 Å². The first-order valence-electron chi connectivity index (χ1n) is 6.49. The van der Waals surface area contributed by atoms with Crippen LogP contribution in [0.3, 0.4) is 0 Å². The largest absolute Gasteiger partial charge is 0.449 e. The molecule has 0 bridgehead atoms. The van der Waals surface area contributed by atoms with Crippen LogP contribution in [-0.2, 0) is 4.74 Å². The van der Waals surface area contributed by atoms with Crippen LogP contribution < -0.4 is 22.0 Å². The number of amides is 2. The molecule has 2 amide bonds. The highest BCUT2D eigenvalue weighted by Crippen LogP contribution is 2.21. The summed E-state index contributed by atoms with van der Waals surface area (Å²) in [5.41, 5.74) is 11.9. The molecule has 0 spiro atoms. The number of hydrogen-bond donors (Lipinski definition) is 5. The SMILES string of the molecule is CCOC(=O)NNC(=O)c1ccc(Br)cc1N/N=C(\C#N)C(=N)N. The van der Waals surface area contributed by atoms with Crippen molar-refractivity contribution in [2.24, 2.45) is 10.8 Å². The van der Waals surface area contributed by atoms with E-state index in [9.17, 15) is 9.59 Å². The molecule has 0 atom stereocenters. The van der Waals surface area contributed by atoms with E-state index < -0.39 is 17.8 Å². The number of nitrogens with two attached hydrogens (primary N) is 1. The molecule has 0 saturated carbocycles. The van der Waals surface area contributed by atoms with Crippen LogP contribution in [0.25, 0.3) is 0 Å². The van der Waals surface area contributed by atoms with Gasteiger partial charge in [-0.25, -0.2) is 10.2 Å². The summed E-state index contributed by atoms with van der Waals surface area (Å²) in [6.45, 7) is 1.78. The molecule has 24 heavy (non-hydrogen) atoms. The Labute approximate surface area is 145 Å². The summed E-state index contributed by atoms with van der Waals surface area (Å²) in [6, 6.07) is 6.23. The van der Waals surface area contributed by atoms with E-state index in [-0.39, 0.29) is 23.6 Å². The average Bonchev–Trinajstić information content (AvgIpc) is 2.53. The molecule has 10 nitrogen and oxygen atoms in total. The van der Waals surface area contributed by atoms with E-state index in [4.69, 9.17) is 16.4 Å². The van der Waals surface area contributed by atoms with Crippen molar-refractivity contribution in [1.29, 1.82) is 10.7 Å². The van der Waals surface area contributed by atoms with Gasteiger partial charge in [-0.05, 0) is 25.1 Å². The van der Waals surface area contributed by atoms with E-state index >= 15 is 0 Å². The van der Waals surface area contributed by atoms with Gasteiger partial charge in [0.05, 0.1) is 17.9 Å². The monoisotopic (exact) mass is 395 g/mol. The van der Waals surface area contributed by atoms with E-state index in [0.717, 1.165) is 0 Å². The van der Waals surface area contributed by atoms with Crippen LogP contribution in [0.4, 0.5) is 10.5 Å². The standard InChI is InChI=1S/C13H14BrN7O3/c1-2-24-13(23)21-20-12(22)8-4-3-7(14)5-9(8)18-19-10(6-15)11(16)17/h3-5,18H,2H2,1H3,(H3,16,17)(H,20,22)(H,21,23)/b19-10+. The van der Waals surface area contributed by atoms with Gasteiger partial charge in [-0.2, -0.15) is 10.4 Å². The van der Waals surface area contributed by atoms with Gasteiger partial charge >= 0.3 is 6.09 Å². The van der Waals surface area contributed by atoms with E-state index in [1.54, 1.807) is 19.1 Å². The molecule has 0 aliphatic rings. The molecular weight excluding hydrogens is 382 g/mol. The zero-order valence-corrected chi connectivity index (χ0v) is 14.1. The second-order valence-corrected chi connectivity index (χ2v) is 5.00. The molecule has 11 heteroatoms. The van der Waals surface area contributed by atoms with Gasteiger partial charge < -0.3 is 10.5 Å². The molecule has 0 saturated heterocycles. The Morgan fingerprint density at radius 1 is 1.46 bits per heavy atom. The number of ether oxygens (including phenoxy) is 1. The quantitative estimate of drug-likeness (QED) is 0.284. The minimum atomic E-state index is -0.807. The number of nitriles is 1. The maximum Gasteiger partial charge on any atom is 0.426 e. The lowest BCUT2D eigenvalue weighted by Gasteiger charge is -2.11. The molecule has 1 rings (SSSR count). The van der Waals surface area contributed by atoms with Crippen molar-refractivity contribution in [3.8, 4) is 6.07 Å². The van der Waals surface area contributed by atoms with Gasteiger partial charge in [0.2, 0.25) is 5.71 Å². The van der Waals surface area contributed by atoms with E-state index in [1.807, 2.05) is 0 Å². The Bertz CT molecular complexity index is 727. The normalized spacial score (nSPS) is 10.3. The lowest BCUT2D eigenvalue weighted by Crippen LogP contribution is -2.42. The first-order chi connectivity index (χ1) is 11.4. The number of amidine groups is 1. The van der Waals surface area contributed by atoms with Crippen LogP contribution in [0.5, 0.6) is 0 Å². The first-order valence-corrected chi connectivity index (χ1v) is 7.29. The molecule has 126 valence electrons. The summed E-state index contributed by atoms with van der Waals surface area (Å²) in [7, 11) is 0. The lowest BCUT2D eigenvalue weighted by molar-refractivity contribution is 0.0913. The number of rotatable bonds is 5. The number of carbonyl (C=O) groups is 2. The summed E-state index contributed by atoms with van der Waals surface area (Å²) in [5, 5.41) is 19.7. The van der Waals surface area contributed by atoms with Crippen LogP contribution in [0.1, 0.15) is 17.3 Å². The number of hydrogen-bond acceptors (Lipinski definition) is 7. The van der Waals surface area contributed by atoms with Gasteiger partial charge in [0, 0.05) is 4.47 Å². The zero-order chi connectivity index (χ0) is 18.1. The molecule has 0 unspecified atom stereocenters. The molecule has 0 radical (unpaired) electrons. The minimum absolute atomic E-state index is 0.125. The second-order valence-electron chi connectivity index (χ2n) is 4.09. The van der Waals surface area contributed by atoms with Crippen LogP contribution in [-0.4, -0.2) is 30.2 Å². The highest BCUT2D eigenvalue weighted by atomic mass is 79.9. The summed E-state index contributed by atoms with van der Waals surface area (Å²) in [4.78, 5) is 23.3. The Hall–Kier alpha value is -3.13. The van der Waals surface area contributed by atoms with Gasteiger partial charge in [-0.3, -0.25) is 21.1 Å². The average molecular weight is 396 g/mol. The number of anilines is 1. The Kier molecular flexibility index (Phi) is 7.18. The van der Waals surface area contributed by atoms with Crippen LogP contribution in [0.2, 0.25) is 0 Å². The Morgan fingerprint density at radius 3 is 2.75 bits per heavy atom. The van der Waals surface area contributed by atoms with Gasteiger partial charge in [0.1, 0.15) is 6.07 Å². The summed E-state index contributed by atoms with van der Waals surface area (Å²) in [6.07, 6.45) is -0.807. The van der Waals surface area contributed by atoms with E-state index in [1.165, 1.54) is 12.1 Å². The van der Waals surface area contributed by atoms with Gasteiger partial charge in [-0.1, -0.05) is 15.9 Å². The van der Waals surface area contributed by atoms with Crippen molar-refractivity contribution >= 4 is 45.2 Å². The molecular formula is C13H14BrN7O3. The fourth-order valence-corrected chi connectivity index (χ4v) is 1.77. The number of nitrogens with zero attached hydrogens (tertiary/aromatic N) is 2. The van der Waals surface area contributed by atoms with Gasteiger partial charge in [-0.15, -0.1) is 0 Å². The molecule has 6 N–H and O–H groups in total. The zero-order valence-electron chi connectivity index (χ0n) is 12.5. The summed E-state index contributed by atoms with van der Waals surface area (Å²) in [5.74, 6) is -1.16. The van der Waals surface area contributed by atoms with Crippen molar-refractivity contribution in [1.82, 2.24) is 10.9 Å². The molecule has 0 fully saturated rings. The number of nitrogens with one attached hydrogen (secondary N) is 4. The number of benzene rings is 1. The third-order valence-electron chi connectivity index (χ3n) is 2.43. The maximum absolute atomic E-state index is 12.1. The highest BCUT2D eigenvalue weighted by molar-refractivity contribution is 9.10. The predicted molar refractivity (Wildman–Crippen MR) is 90.4 cm³/mol. The fraction of sp³-hybridized carbons (Fsp3) is 0.154. The summed E-state index contributed by atoms with van der Waals surface area (Å²) >= 11 is 3.24. The topological polar surface area (TPSA) is 165 Å². The molecule has 0 aliphatic heterocycles. The van der Waals surface area contributed by atoms with E-state index in [0.29, 0.717) is 4.47 Å². The molecule has 1 aromatic rings. The van der Waals surface area contributed by atoms with Gasteiger partial charge in [0.15, 0.2) is 5.84 Å². The Morgan fingerprint density at radius 2 is 2.17 bits per heavy atom. The predicted octanol–water partition coefficient (Wildman–Crippen LogP) is 1.07. The number of hydrazine groups is 1. The molecule has 1 aromatic carbocycles. The Balaban J connectivity index is 2.96. The maximum atomic E-state index is 12.1. The van der Waals surface area contributed by atoms with Crippen LogP contribution in [0, 0.1) is 16.7 Å². The lowest BCUT2D eigenvalue weighted by atomic mass is 10.2. The molecule has 0 heterocycles. The van der Waals surface area contributed by atoms with Crippen molar-refractivity contribution < 1.29 is 14.3 Å². The fourth-order valence-electron chi connectivity index (χ4n) is 1.41. The van der Waals surface area contributed by atoms with Crippen molar-refractivity contribution in [3.05, 3.63) is 28.2 Å². The second kappa shape index (κ2) is 9.11. The van der Waals surface area contributed by atoms with Crippen molar-refractivity contribution in [2.75, 3.05) is 12.0 Å². The summed E-state index contributed by atoms with van der Waals surface area (Å²) < 4.78 is 5.25. The van der Waals surface area contributed by atoms with Crippen molar-refractivity contribution in [3.63, 3.8) is 0 Å². The number of carbonyl (C=O) groups excluding carboxylic acids is 2. The van der Waals surface area contributed by atoms with Crippen LogP contribution >= 0.6 is 15.9 Å². The number of hydrazone groups is 1. The first kappa shape index (κ1) is 18.9. The minimum Gasteiger partial charge on any atom is -0.449 e. The molecule has 0 aromatic heterocycles. The third kappa shape index (κ3) is 5.58.